The first kappa shape index (κ1) is 12.4. The molecule has 0 aliphatic carbocycles. The van der Waals surface area contributed by atoms with Gasteiger partial charge in [0.2, 0.25) is 0 Å². The number of rotatable bonds is 2. The zero-order valence-corrected chi connectivity index (χ0v) is 8.43. The van der Waals surface area contributed by atoms with Crippen LogP contribution in [0.4, 0.5) is 19.0 Å². The summed E-state index contributed by atoms with van der Waals surface area (Å²) in [6.45, 7) is 0. The number of ether oxygens (including phenoxy) is 1. The topological polar surface area (TPSA) is 71.9 Å². The molecule has 1 aromatic heterocycles. The van der Waals surface area contributed by atoms with E-state index in [9.17, 15) is 13.2 Å². The summed E-state index contributed by atoms with van der Waals surface area (Å²) in [6.07, 6.45) is -3.81. The van der Waals surface area contributed by atoms with E-state index < -0.39 is 17.9 Å². The van der Waals surface area contributed by atoms with E-state index >= 15 is 0 Å². The molecule has 1 rings (SSSR count). The van der Waals surface area contributed by atoms with Crippen molar-refractivity contribution >= 4 is 17.4 Å². The predicted octanol–water partition coefficient (Wildman–Crippen LogP) is 2.17. The fraction of sp³-hybridized carbons (Fsp3) is 0.250. The lowest BCUT2D eigenvalue weighted by molar-refractivity contribution is -0.274. The number of halogens is 4. The van der Waals surface area contributed by atoms with Crippen LogP contribution in [0, 0.1) is 11.3 Å². The van der Waals surface area contributed by atoms with E-state index in [-0.39, 0.29) is 17.0 Å². The Morgan fingerprint density at radius 2 is 2.19 bits per heavy atom. The van der Waals surface area contributed by atoms with Gasteiger partial charge in [0, 0.05) is 11.8 Å². The SMILES string of the molecule is N#Cc1c(CCl)cnc(N)c1OC(F)(F)F. The van der Waals surface area contributed by atoms with Crippen molar-refractivity contribution in [2.24, 2.45) is 0 Å². The molecule has 0 amide bonds. The molecule has 1 heterocycles. The maximum Gasteiger partial charge on any atom is 0.573 e. The van der Waals surface area contributed by atoms with Crippen LogP contribution in [0.2, 0.25) is 0 Å². The van der Waals surface area contributed by atoms with Gasteiger partial charge in [0.1, 0.15) is 11.6 Å². The van der Waals surface area contributed by atoms with Crippen LogP contribution in [-0.4, -0.2) is 11.3 Å². The standard InChI is InChI=1S/C8H5ClF3N3O/c9-1-4-3-15-7(14)6(5(4)2-13)16-8(10,11)12/h3H,1H2,(H2,14,15). The summed E-state index contributed by atoms with van der Waals surface area (Å²) in [6, 6.07) is 1.55. The molecular weight excluding hydrogens is 247 g/mol. The average molecular weight is 252 g/mol. The van der Waals surface area contributed by atoms with E-state index in [0.717, 1.165) is 6.20 Å². The van der Waals surface area contributed by atoms with Gasteiger partial charge < -0.3 is 10.5 Å². The van der Waals surface area contributed by atoms with Gasteiger partial charge in [0.15, 0.2) is 11.6 Å². The van der Waals surface area contributed by atoms with E-state index in [1.807, 2.05) is 0 Å². The summed E-state index contributed by atoms with van der Waals surface area (Å²) in [7, 11) is 0. The first-order chi connectivity index (χ1) is 7.39. The third-order valence-corrected chi connectivity index (χ3v) is 1.90. The molecule has 0 fully saturated rings. The third-order valence-electron chi connectivity index (χ3n) is 1.61. The van der Waals surface area contributed by atoms with Crippen molar-refractivity contribution in [3.05, 3.63) is 17.3 Å². The maximum atomic E-state index is 12.0. The molecule has 0 spiro atoms. The van der Waals surface area contributed by atoms with E-state index in [2.05, 4.69) is 9.72 Å². The summed E-state index contributed by atoms with van der Waals surface area (Å²) in [5, 5.41) is 8.71. The quantitative estimate of drug-likeness (QED) is 0.818. The molecule has 0 saturated heterocycles. The minimum Gasteiger partial charge on any atom is -0.400 e. The smallest absolute Gasteiger partial charge is 0.400 e. The molecule has 0 aliphatic rings. The highest BCUT2D eigenvalue weighted by molar-refractivity contribution is 6.17. The fourth-order valence-electron chi connectivity index (χ4n) is 0.987. The lowest BCUT2D eigenvalue weighted by atomic mass is 10.1. The number of pyridine rings is 1. The van der Waals surface area contributed by atoms with Gasteiger partial charge in [0.25, 0.3) is 0 Å². The molecule has 2 N–H and O–H groups in total. The lowest BCUT2D eigenvalue weighted by Crippen LogP contribution is -2.19. The van der Waals surface area contributed by atoms with Gasteiger partial charge in [-0.2, -0.15) is 5.26 Å². The molecule has 0 aliphatic heterocycles. The van der Waals surface area contributed by atoms with Crippen LogP contribution >= 0.6 is 11.6 Å². The molecule has 0 radical (unpaired) electrons. The zero-order valence-electron chi connectivity index (χ0n) is 7.68. The van der Waals surface area contributed by atoms with Crippen molar-refractivity contribution in [1.29, 1.82) is 5.26 Å². The predicted molar refractivity (Wildman–Crippen MR) is 49.6 cm³/mol. The molecule has 86 valence electrons. The van der Waals surface area contributed by atoms with Crippen molar-refractivity contribution in [3.8, 4) is 11.8 Å². The Balaban J connectivity index is 3.31. The number of hydrogen-bond acceptors (Lipinski definition) is 4. The summed E-state index contributed by atoms with van der Waals surface area (Å²) >= 11 is 5.44. The van der Waals surface area contributed by atoms with Crippen molar-refractivity contribution in [1.82, 2.24) is 4.98 Å². The molecule has 0 aromatic carbocycles. The van der Waals surface area contributed by atoms with Gasteiger partial charge in [-0.25, -0.2) is 4.98 Å². The Hall–Kier alpha value is -1.68. The lowest BCUT2D eigenvalue weighted by Gasteiger charge is -2.13. The van der Waals surface area contributed by atoms with Gasteiger partial charge in [0.05, 0.1) is 5.88 Å². The van der Waals surface area contributed by atoms with Gasteiger partial charge in [-0.1, -0.05) is 0 Å². The molecule has 0 saturated carbocycles. The Labute approximate surface area is 93.4 Å². The number of alkyl halides is 4. The number of nitrogens with zero attached hydrogens (tertiary/aromatic N) is 2. The van der Waals surface area contributed by atoms with Crippen molar-refractivity contribution in [3.63, 3.8) is 0 Å². The first-order valence-corrected chi connectivity index (χ1v) is 4.41. The van der Waals surface area contributed by atoms with Gasteiger partial charge in [-0.05, 0) is 0 Å². The molecule has 4 nitrogen and oxygen atoms in total. The highest BCUT2D eigenvalue weighted by atomic mass is 35.5. The number of hydrogen-bond donors (Lipinski definition) is 1. The van der Waals surface area contributed by atoms with Crippen LogP contribution < -0.4 is 10.5 Å². The van der Waals surface area contributed by atoms with E-state index in [4.69, 9.17) is 22.6 Å². The second-order valence-electron chi connectivity index (χ2n) is 2.67. The second kappa shape index (κ2) is 4.45. The summed E-state index contributed by atoms with van der Waals surface area (Å²) in [4.78, 5) is 3.46. The van der Waals surface area contributed by atoms with Crippen LogP contribution in [0.5, 0.6) is 5.75 Å². The Morgan fingerprint density at radius 3 is 2.62 bits per heavy atom. The minimum atomic E-state index is -4.94. The Morgan fingerprint density at radius 1 is 1.56 bits per heavy atom. The highest BCUT2D eigenvalue weighted by Gasteiger charge is 2.34. The van der Waals surface area contributed by atoms with Gasteiger partial charge >= 0.3 is 6.36 Å². The van der Waals surface area contributed by atoms with Gasteiger partial charge in [-0.15, -0.1) is 24.8 Å². The Bertz CT molecular complexity index is 441. The van der Waals surface area contributed by atoms with E-state index in [1.54, 1.807) is 6.07 Å². The van der Waals surface area contributed by atoms with Crippen LogP contribution in [0.15, 0.2) is 6.20 Å². The van der Waals surface area contributed by atoms with Crippen LogP contribution in [0.1, 0.15) is 11.1 Å². The number of nitrogens with two attached hydrogens (primary N) is 1. The number of nitriles is 1. The first-order valence-electron chi connectivity index (χ1n) is 3.88. The van der Waals surface area contributed by atoms with Crippen LogP contribution in [0.25, 0.3) is 0 Å². The van der Waals surface area contributed by atoms with Crippen molar-refractivity contribution in [2.45, 2.75) is 12.2 Å². The zero-order chi connectivity index (χ0) is 12.3. The number of anilines is 1. The van der Waals surface area contributed by atoms with E-state index in [1.165, 1.54) is 0 Å². The average Bonchev–Trinajstić information content (AvgIpc) is 2.19. The minimum absolute atomic E-state index is 0.123. The fourth-order valence-corrected chi connectivity index (χ4v) is 1.19. The van der Waals surface area contributed by atoms with Crippen molar-refractivity contribution in [2.75, 3.05) is 5.73 Å². The van der Waals surface area contributed by atoms with Crippen molar-refractivity contribution < 1.29 is 17.9 Å². The van der Waals surface area contributed by atoms with Crippen LogP contribution in [0.3, 0.4) is 0 Å². The monoisotopic (exact) mass is 251 g/mol. The maximum absolute atomic E-state index is 12.0. The largest absolute Gasteiger partial charge is 0.573 e. The summed E-state index contributed by atoms with van der Waals surface area (Å²) < 4.78 is 39.7. The van der Waals surface area contributed by atoms with E-state index in [0.29, 0.717) is 0 Å². The Kier molecular flexibility index (Phi) is 3.44. The molecule has 0 atom stereocenters. The summed E-state index contributed by atoms with van der Waals surface area (Å²) in [5.41, 5.74) is 4.96. The molecule has 1 aromatic rings. The molecule has 8 heteroatoms. The molecule has 16 heavy (non-hydrogen) atoms. The second-order valence-corrected chi connectivity index (χ2v) is 2.93. The highest BCUT2D eigenvalue weighted by Crippen LogP contribution is 2.32. The normalized spacial score (nSPS) is 10.9. The third kappa shape index (κ3) is 2.67. The summed E-state index contributed by atoms with van der Waals surface area (Å²) in [5.74, 6) is -1.49. The molecular formula is C8H5ClF3N3O. The van der Waals surface area contributed by atoms with Crippen LogP contribution in [-0.2, 0) is 5.88 Å². The number of nitrogen functional groups attached to an aromatic ring is 1. The number of aromatic nitrogens is 1. The molecule has 0 bridgehead atoms. The van der Waals surface area contributed by atoms with Gasteiger partial charge in [-0.3, -0.25) is 0 Å². The molecule has 0 unspecified atom stereocenters.